The van der Waals surface area contributed by atoms with Crippen molar-refractivity contribution in [3.05, 3.63) is 71.8 Å². The second-order valence-corrected chi connectivity index (χ2v) is 9.48. The van der Waals surface area contributed by atoms with Gasteiger partial charge < -0.3 is 10.6 Å². The average Bonchev–Trinajstić information content (AvgIpc) is 2.74. The maximum atomic E-state index is 3.74. The van der Waals surface area contributed by atoms with Crippen LogP contribution in [0.4, 0.5) is 0 Å². The molecule has 0 heterocycles. The van der Waals surface area contributed by atoms with Crippen molar-refractivity contribution in [2.24, 2.45) is 23.2 Å². The zero-order valence-electron chi connectivity index (χ0n) is 17.5. The monoisotopic (exact) mass is 376 g/mol. The number of nitrogens with one attached hydrogen (secondary N) is 2. The summed E-state index contributed by atoms with van der Waals surface area (Å²) in [7, 11) is 0. The number of hydrogen-bond acceptors (Lipinski definition) is 2. The van der Waals surface area contributed by atoms with Crippen molar-refractivity contribution in [3.8, 4) is 0 Å². The smallest absolute Gasteiger partial charge is 0.0214 e. The van der Waals surface area contributed by atoms with Crippen LogP contribution in [0.15, 0.2) is 60.7 Å². The lowest BCUT2D eigenvalue weighted by Gasteiger charge is -2.60. The van der Waals surface area contributed by atoms with Crippen molar-refractivity contribution in [1.29, 1.82) is 0 Å². The molecule has 28 heavy (non-hydrogen) atoms. The van der Waals surface area contributed by atoms with Crippen LogP contribution >= 0.6 is 0 Å². The van der Waals surface area contributed by atoms with Gasteiger partial charge in [-0.1, -0.05) is 74.5 Å². The molecule has 0 unspecified atom stereocenters. The fourth-order valence-electron chi connectivity index (χ4n) is 5.72. The molecule has 5 rings (SSSR count). The highest BCUT2D eigenvalue weighted by Gasteiger charge is 2.53. The quantitative estimate of drug-likeness (QED) is 0.597. The van der Waals surface area contributed by atoms with E-state index in [1.54, 1.807) is 0 Å². The van der Waals surface area contributed by atoms with Gasteiger partial charge in [0.15, 0.2) is 0 Å². The van der Waals surface area contributed by atoms with E-state index in [-0.39, 0.29) is 0 Å². The van der Waals surface area contributed by atoms with Crippen LogP contribution in [-0.4, -0.2) is 26.2 Å². The lowest BCUT2D eigenvalue weighted by molar-refractivity contribution is -0.103. The second-order valence-electron chi connectivity index (χ2n) is 9.48. The molecule has 2 aromatic rings. The van der Waals surface area contributed by atoms with Gasteiger partial charge in [0.25, 0.3) is 0 Å². The van der Waals surface area contributed by atoms with Crippen LogP contribution in [0.25, 0.3) is 0 Å². The molecule has 3 atom stereocenters. The van der Waals surface area contributed by atoms with Crippen molar-refractivity contribution in [3.63, 3.8) is 0 Å². The minimum Gasteiger partial charge on any atom is -0.315 e. The van der Waals surface area contributed by atoms with E-state index in [9.17, 15) is 0 Å². The van der Waals surface area contributed by atoms with Gasteiger partial charge in [0.2, 0.25) is 0 Å². The predicted octanol–water partition coefficient (Wildman–Crippen LogP) is 5.07. The summed E-state index contributed by atoms with van der Waals surface area (Å²) < 4.78 is 0. The molecule has 2 N–H and O–H groups in total. The topological polar surface area (TPSA) is 24.1 Å². The minimum atomic E-state index is 0.411. The summed E-state index contributed by atoms with van der Waals surface area (Å²) in [6.07, 6.45) is 4.36. The van der Waals surface area contributed by atoms with Crippen LogP contribution in [0.5, 0.6) is 0 Å². The van der Waals surface area contributed by atoms with Crippen LogP contribution in [-0.2, 0) is 0 Å². The van der Waals surface area contributed by atoms with E-state index in [2.05, 4.69) is 85.1 Å². The van der Waals surface area contributed by atoms with Crippen molar-refractivity contribution in [1.82, 2.24) is 10.6 Å². The highest BCUT2D eigenvalue weighted by Crippen LogP contribution is 2.61. The lowest BCUT2D eigenvalue weighted by atomic mass is 9.45. The third-order valence-electron chi connectivity index (χ3n) is 7.64. The maximum absolute atomic E-state index is 3.74. The summed E-state index contributed by atoms with van der Waals surface area (Å²) >= 11 is 0. The second kappa shape index (κ2) is 8.80. The van der Waals surface area contributed by atoms with E-state index in [4.69, 9.17) is 0 Å². The first kappa shape index (κ1) is 19.7. The molecule has 2 aromatic carbocycles. The third kappa shape index (κ3) is 4.18. The standard InChI is InChI=1S/C26H36N2/c1-26(2)23-14-13-22(25(26)17-23)18-27-15-16-28-19-24(20-9-5-3-6-10-20)21-11-7-4-8-12-21/h3-12,22-25,27-28H,13-19H2,1-2H3/t22-,23+,25-/m0/s1. The van der Waals surface area contributed by atoms with Gasteiger partial charge in [0.1, 0.15) is 0 Å². The van der Waals surface area contributed by atoms with Gasteiger partial charge in [-0.2, -0.15) is 0 Å². The zero-order chi connectivity index (χ0) is 19.4. The van der Waals surface area contributed by atoms with E-state index in [0.29, 0.717) is 11.3 Å². The van der Waals surface area contributed by atoms with Crippen LogP contribution in [0.3, 0.4) is 0 Å². The van der Waals surface area contributed by atoms with Crippen LogP contribution in [0.1, 0.15) is 50.2 Å². The molecule has 2 heteroatoms. The van der Waals surface area contributed by atoms with Gasteiger partial charge in [0.05, 0.1) is 0 Å². The van der Waals surface area contributed by atoms with E-state index in [0.717, 1.165) is 37.4 Å². The van der Waals surface area contributed by atoms with Gasteiger partial charge in [-0.05, 0) is 60.1 Å². The fraction of sp³-hybridized carbons (Fsp3) is 0.538. The summed E-state index contributed by atoms with van der Waals surface area (Å²) in [6, 6.07) is 21.7. The highest BCUT2D eigenvalue weighted by molar-refractivity contribution is 5.32. The lowest BCUT2D eigenvalue weighted by Crippen LogP contribution is -2.54. The Morgan fingerprint density at radius 3 is 2.04 bits per heavy atom. The highest BCUT2D eigenvalue weighted by atomic mass is 14.9. The number of hydrogen-bond donors (Lipinski definition) is 2. The molecule has 3 saturated carbocycles. The van der Waals surface area contributed by atoms with Crippen LogP contribution in [0, 0.1) is 23.2 Å². The average molecular weight is 377 g/mol. The fourth-order valence-corrected chi connectivity index (χ4v) is 5.72. The van der Waals surface area contributed by atoms with E-state index in [1.807, 2.05) is 0 Å². The van der Waals surface area contributed by atoms with Crippen LogP contribution in [0.2, 0.25) is 0 Å². The molecule has 2 bridgehead atoms. The minimum absolute atomic E-state index is 0.411. The summed E-state index contributed by atoms with van der Waals surface area (Å²) in [6.45, 7) is 9.25. The molecule has 0 saturated heterocycles. The molecule has 0 aliphatic heterocycles. The Hall–Kier alpha value is -1.64. The van der Waals surface area contributed by atoms with Gasteiger partial charge >= 0.3 is 0 Å². The van der Waals surface area contributed by atoms with Crippen molar-refractivity contribution >= 4 is 0 Å². The normalized spacial score (nSPS) is 25.5. The zero-order valence-corrected chi connectivity index (χ0v) is 17.5. The van der Waals surface area contributed by atoms with E-state index in [1.165, 1.54) is 36.9 Å². The SMILES string of the molecule is CC1(C)[C@@H]2CC[C@@H](CNCCNCC(c3ccccc3)c3ccccc3)[C@@H]1C2. The Morgan fingerprint density at radius 1 is 0.857 bits per heavy atom. The Bertz CT molecular complexity index is 683. The van der Waals surface area contributed by atoms with E-state index >= 15 is 0 Å². The Kier molecular flexibility index (Phi) is 6.18. The van der Waals surface area contributed by atoms with Crippen molar-refractivity contribution < 1.29 is 0 Å². The third-order valence-corrected chi connectivity index (χ3v) is 7.64. The van der Waals surface area contributed by atoms with E-state index < -0.39 is 0 Å². The first-order valence-corrected chi connectivity index (χ1v) is 11.2. The molecule has 0 aromatic heterocycles. The molecule has 150 valence electrons. The van der Waals surface area contributed by atoms with Crippen molar-refractivity contribution in [2.75, 3.05) is 26.2 Å². The predicted molar refractivity (Wildman–Crippen MR) is 119 cm³/mol. The summed E-state index contributed by atoms with van der Waals surface area (Å²) in [5.41, 5.74) is 3.37. The Morgan fingerprint density at radius 2 is 1.46 bits per heavy atom. The molecule has 3 aliphatic rings. The molecular formula is C26H36N2. The maximum Gasteiger partial charge on any atom is 0.0214 e. The summed E-state index contributed by atoms with van der Waals surface area (Å²) in [5.74, 6) is 3.26. The molecule has 0 spiro atoms. The molecule has 2 nitrogen and oxygen atoms in total. The molecular weight excluding hydrogens is 340 g/mol. The van der Waals surface area contributed by atoms with Gasteiger partial charge in [-0.25, -0.2) is 0 Å². The largest absolute Gasteiger partial charge is 0.315 e. The molecule has 0 amide bonds. The Balaban J connectivity index is 1.22. The first-order valence-electron chi connectivity index (χ1n) is 11.2. The number of benzene rings is 2. The van der Waals surface area contributed by atoms with Crippen molar-refractivity contribution in [2.45, 2.75) is 39.0 Å². The summed E-state index contributed by atoms with van der Waals surface area (Å²) in [5, 5.41) is 7.43. The van der Waals surface area contributed by atoms with Gasteiger partial charge in [-0.15, -0.1) is 0 Å². The molecule has 0 radical (unpaired) electrons. The number of fused-ring (bicyclic) bond motifs is 2. The van der Waals surface area contributed by atoms with Gasteiger partial charge in [0, 0.05) is 25.6 Å². The number of rotatable bonds is 9. The Labute approximate surface area is 171 Å². The van der Waals surface area contributed by atoms with Gasteiger partial charge in [-0.3, -0.25) is 0 Å². The molecule has 3 aliphatic carbocycles. The van der Waals surface area contributed by atoms with Crippen LogP contribution < -0.4 is 10.6 Å². The first-order chi connectivity index (χ1) is 13.7. The molecule has 3 fully saturated rings. The summed E-state index contributed by atoms with van der Waals surface area (Å²) in [4.78, 5) is 0.